The number of rotatable bonds is 4. The second kappa shape index (κ2) is 7.93. The number of hydrogen-bond acceptors (Lipinski definition) is 4. The number of aromatic nitrogens is 1. The van der Waals surface area contributed by atoms with Crippen LogP contribution in [0.2, 0.25) is 0 Å². The largest absolute Gasteiger partial charge is 0.354 e. The maximum absolute atomic E-state index is 12.4. The Hall–Kier alpha value is -3.65. The third-order valence-corrected chi connectivity index (χ3v) is 4.31. The summed E-state index contributed by atoms with van der Waals surface area (Å²) in [5, 5.41) is 15.2. The summed E-state index contributed by atoms with van der Waals surface area (Å²) in [6.07, 6.45) is 1.63. The lowest BCUT2D eigenvalue weighted by molar-refractivity contribution is 0.102. The molecule has 3 rings (SSSR count). The van der Waals surface area contributed by atoms with Gasteiger partial charge in [0.2, 0.25) is 0 Å². The van der Waals surface area contributed by atoms with Gasteiger partial charge in [0.15, 0.2) is 0 Å². The van der Waals surface area contributed by atoms with Crippen LogP contribution < -0.4 is 10.6 Å². The number of pyridine rings is 1. The minimum Gasteiger partial charge on any atom is -0.354 e. The molecule has 3 aromatic rings. The number of para-hydroxylation sites is 2. The average Bonchev–Trinajstić information content (AvgIpc) is 2.68. The Labute approximate surface area is 165 Å². The number of benzene rings is 2. The standard InChI is InChI=1S/C23H22N4O/c1-23(2,3)18-9-5-7-11-20(18)26-17-12-13-21(25-15-17)22(28)27-19-10-6-4-8-16(19)14-24/h4-13,15,26H,1-3H3,(H,27,28). The fourth-order valence-electron chi connectivity index (χ4n) is 2.88. The van der Waals surface area contributed by atoms with Crippen molar-refractivity contribution < 1.29 is 4.79 Å². The summed E-state index contributed by atoms with van der Waals surface area (Å²) in [5.74, 6) is -0.357. The number of nitrogens with one attached hydrogen (secondary N) is 2. The highest BCUT2D eigenvalue weighted by Gasteiger charge is 2.17. The van der Waals surface area contributed by atoms with Crippen LogP contribution in [0.25, 0.3) is 0 Å². The van der Waals surface area contributed by atoms with E-state index in [0.717, 1.165) is 11.4 Å². The van der Waals surface area contributed by atoms with Crippen LogP contribution in [0.5, 0.6) is 0 Å². The van der Waals surface area contributed by atoms with Gasteiger partial charge in [-0.05, 0) is 41.3 Å². The zero-order valence-corrected chi connectivity index (χ0v) is 16.2. The molecule has 0 saturated heterocycles. The molecule has 0 saturated carbocycles. The van der Waals surface area contributed by atoms with Gasteiger partial charge in [-0.15, -0.1) is 0 Å². The summed E-state index contributed by atoms with van der Waals surface area (Å²) in [5.41, 5.74) is 4.17. The van der Waals surface area contributed by atoms with Crippen LogP contribution in [0.1, 0.15) is 42.4 Å². The van der Waals surface area contributed by atoms with Gasteiger partial charge in [-0.1, -0.05) is 51.1 Å². The first-order valence-electron chi connectivity index (χ1n) is 9.01. The lowest BCUT2D eigenvalue weighted by atomic mass is 9.86. The van der Waals surface area contributed by atoms with Crippen molar-refractivity contribution in [3.63, 3.8) is 0 Å². The van der Waals surface area contributed by atoms with E-state index in [9.17, 15) is 4.79 Å². The Balaban J connectivity index is 1.76. The number of carbonyl (C=O) groups is 1. The molecule has 0 radical (unpaired) electrons. The summed E-state index contributed by atoms with van der Waals surface area (Å²) < 4.78 is 0. The van der Waals surface area contributed by atoms with E-state index in [-0.39, 0.29) is 17.0 Å². The van der Waals surface area contributed by atoms with E-state index in [1.165, 1.54) is 5.56 Å². The van der Waals surface area contributed by atoms with E-state index in [0.29, 0.717) is 11.3 Å². The van der Waals surface area contributed by atoms with E-state index >= 15 is 0 Å². The summed E-state index contributed by atoms with van der Waals surface area (Å²) in [6.45, 7) is 6.49. The van der Waals surface area contributed by atoms with Crippen LogP contribution in [-0.2, 0) is 5.41 Å². The molecule has 0 bridgehead atoms. The number of amides is 1. The van der Waals surface area contributed by atoms with E-state index in [4.69, 9.17) is 5.26 Å². The van der Waals surface area contributed by atoms with Gasteiger partial charge in [0.25, 0.3) is 5.91 Å². The van der Waals surface area contributed by atoms with Gasteiger partial charge < -0.3 is 10.6 Å². The summed E-state index contributed by atoms with van der Waals surface area (Å²) in [4.78, 5) is 16.7. The van der Waals surface area contributed by atoms with Crippen molar-refractivity contribution in [1.82, 2.24) is 4.98 Å². The van der Waals surface area contributed by atoms with Gasteiger partial charge >= 0.3 is 0 Å². The number of anilines is 3. The molecule has 2 aromatic carbocycles. The van der Waals surface area contributed by atoms with E-state index < -0.39 is 0 Å². The van der Waals surface area contributed by atoms with Gasteiger partial charge in [0.1, 0.15) is 11.8 Å². The molecule has 0 atom stereocenters. The highest BCUT2D eigenvalue weighted by Crippen LogP contribution is 2.31. The molecule has 140 valence electrons. The minimum absolute atomic E-state index is 0.00494. The zero-order valence-electron chi connectivity index (χ0n) is 16.2. The van der Waals surface area contributed by atoms with Gasteiger partial charge in [-0.3, -0.25) is 4.79 Å². The third kappa shape index (κ3) is 4.36. The highest BCUT2D eigenvalue weighted by atomic mass is 16.1. The van der Waals surface area contributed by atoms with Crippen LogP contribution in [0.4, 0.5) is 17.1 Å². The lowest BCUT2D eigenvalue weighted by Gasteiger charge is -2.23. The van der Waals surface area contributed by atoms with Crippen molar-refractivity contribution in [3.8, 4) is 6.07 Å². The fraction of sp³-hybridized carbons (Fsp3) is 0.174. The van der Waals surface area contributed by atoms with Crippen molar-refractivity contribution in [1.29, 1.82) is 5.26 Å². The van der Waals surface area contributed by atoms with Gasteiger partial charge in [-0.2, -0.15) is 5.26 Å². The van der Waals surface area contributed by atoms with E-state index in [1.54, 1.807) is 36.5 Å². The van der Waals surface area contributed by atoms with Gasteiger partial charge in [0.05, 0.1) is 23.1 Å². The van der Waals surface area contributed by atoms with Crippen molar-refractivity contribution >= 4 is 23.0 Å². The molecule has 0 aliphatic rings. The molecule has 5 nitrogen and oxygen atoms in total. The number of nitrogens with zero attached hydrogens (tertiary/aromatic N) is 2. The molecule has 2 N–H and O–H groups in total. The predicted octanol–water partition coefficient (Wildman–Crippen LogP) is 5.25. The Bertz CT molecular complexity index is 1030. The van der Waals surface area contributed by atoms with Gasteiger partial charge in [-0.25, -0.2) is 4.98 Å². The molecule has 0 aliphatic carbocycles. The lowest BCUT2D eigenvalue weighted by Crippen LogP contribution is -2.15. The van der Waals surface area contributed by atoms with Crippen molar-refractivity contribution in [2.45, 2.75) is 26.2 Å². The Morgan fingerprint density at radius 3 is 2.29 bits per heavy atom. The second-order valence-electron chi connectivity index (χ2n) is 7.46. The Morgan fingerprint density at radius 2 is 1.64 bits per heavy atom. The number of nitriles is 1. The second-order valence-corrected chi connectivity index (χ2v) is 7.46. The molecule has 1 heterocycles. The average molecular weight is 370 g/mol. The summed E-state index contributed by atoms with van der Waals surface area (Å²) in [7, 11) is 0. The molecule has 0 fully saturated rings. The van der Waals surface area contributed by atoms with Crippen LogP contribution in [-0.4, -0.2) is 10.9 Å². The smallest absolute Gasteiger partial charge is 0.274 e. The Kier molecular flexibility index (Phi) is 5.42. The zero-order chi connectivity index (χ0) is 20.1. The van der Waals surface area contributed by atoms with Crippen LogP contribution in [0, 0.1) is 11.3 Å². The molecule has 1 aromatic heterocycles. The first-order valence-corrected chi connectivity index (χ1v) is 9.01. The fourth-order valence-corrected chi connectivity index (χ4v) is 2.88. The molecule has 28 heavy (non-hydrogen) atoms. The normalized spacial score (nSPS) is 10.8. The molecular formula is C23H22N4O. The maximum atomic E-state index is 12.4. The third-order valence-electron chi connectivity index (χ3n) is 4.31. The first-order chi connectivity index (χ1) is 13.4. The monoisotopic (exact) mass is 370 g/mol. The van der Waals surface area contributed by atoms with E-state index in [2.05, 4.69) is 48.5 Å². The molecular weight excluding hydrogens is 348 g/mol. The van der Waals surface area contributed by atoms with Crippen molar-refractivity contribution in [2.75, 3.05) is 10.6 Å². The number of carbonyl (C=O) groups excluding carboxylic acids is 1. The summed E-state index contributed by atoms with van der Waals surface area (Å²) in [6, 6.07) is 20.5. The predicted molar refractivity (Wildman–Crippen MR) is 112 cm³/mol. The van der Waals surface area contributed by atoms with Crippen LogP contribution in [0.15, 0.2) is 66.9 Å². The molecule has 0 aliphatic heterocycles. The highest BCUT2D eigenvalue weighted by molar-refractivity contribution is 6.03. The topological polar surface area (TPSA) is 77.8 Å². The van der Waals surface area contributed by atoms with Crippen LogP contribution >= 0.6 is 0 Å². The SMILES string of the molecule is CC(C)(C)c1ccccc1Nc1ccc(C(=O)Nc2ccccc2C#N)nc1. The molecule has 0 spiro atoms. The van der Waals surface area contributed by atoms with E-state index in [1.807, 2.05) is 24.3 Å². The Morgan fingerprint density at radius 1 is 0.964 bits per heavy atom. The quantitative estimate of drug-likeness (QED) is 0.658. The first kappa shape index (κ1) is 19.1. The molecule has 5 heteroatoms. The minimum atomic E-state index is -0.357. The number of hydrogen-bond donors (Lipinski definition) is 2. The van der Waals surface area contributed by atoms with Gasteiger partial charge in [0, 0.05) is 5.69 Å². The van der Waals surface area contributed by atoms with Crippen LogP contribution in [0.3, 0.4) is 0 Å². The maximum Gasteiger partial charge on any atom is 0.274 e. The molecule has 0 unspecified atom stereocenters. The summed E-state index contributed by atoms with van der Waals surface area (Å²) >= 11 is 0. The van der Waals surface area contributed by atoms with Crippen molar-refractivity contribution in [2.24, 2.45) is 0 Å². The van der Waals surface area contributed by atoms with Crippen molar-refractivity contribution in [3.05, 3.63) is 83.7 Å². The molecule has 1 amide bonds.